The normalized spacial score (nSPS) is 19.3. The number of hydrogen-bond acceptors (Lipinski definition) is 5. The average molecular weight is 370 g/mol. The van der Waals surface area contributed by atoms with E-state index in [1.54, 1.807) is 24.3 Å². The topological polar surface area (TPSA) is 80.6 Å². The Morgan fingerprint density at radius 3 is 2.70 bits per heavy atom. The van der Waals surface area contributed by atoms with E-state index in [2.05, 4.69) is 17.6 Å². The molecule has 0 aliphatic heterocycles. The molecule has 1 amide bonds. The van der Waals surface area contributed by atoms with Crippen molar-refractivity contribution in [3.8, 4) is 0 Å². The van der Waals surface area contributed by atoms with Gasteiger partial charge in [-0.3, -0.25) is 4.79 Å². The van der Waals surface area contributed by atoms with Gasteiger partial charge in [0.15, 0.2) is 0 Å². The number of carbonyl (C=O) groups excluding carboxylic acids is 2. The molecule has 1 aromatic heterocycles. The van der Waals surface area contributed by atoms with Crippen LogP contribution in [0.25, 0.3) is 0 Å². The largest absolute Gasteiger partial charge is 0.469 e. The van der Waals surface area contributed by atoms with E-state index in [-0.39, 0.29) is 12.3 Å². The lowest BCUT2D eigenvalue weighted by Gasteiger charge is -2.31. The van der Waals surface area contributed by atoms with Crippen LogP contribution >= 0.6 is 0 Å². The van der Waals surface area contributed by atoms with Gasteiger partial charge in [-0.25, -0.2) is 4.79 Å². The Bertz CT molecular complexity index is 785. The molecule has 2 atom stereocenters. The first kappa shape index (κ1) is 19.0. The first-order chi connectivity index (χ1) is 13.1. The maximum Gasteiger partial charge on any atom is 0.337 e. The molecular weight excluding hydrogens is 344 g/mol. The van der Waals surface area contributed by atoms with Crippen LogP contribution in [0.3, 0.4) is 0 Å². The molecule has 1 saturated carbocycles. The van der Waals surface area contributed by atoms with Crippen LogP contribution in [0.1, 0.15) is 48.7 Å². The van der Waals surface area contributed by atoms with Gasteiger partial charge in [0.2, 0.25) is 5.91 Å². The molecule has 0 spiro atoms. The van der Waals surface area contributed by atoms with Crippen molar-refractivity contribution in [3.63, 3.8) is 0 Å². The molecule has 3 rings (SSSR count). The number of hydrogen-bond donors (Lipinski definition) is 2. The molecule has 6 nitrogen and oxygen atoms in total. The number of anilines is 2. The minimum Gasteiger partial charge on any atom is -0.469 e. The Kier molecular flexibility index (Phi) is 6.16. The maximum atomic E-state index is 12.4. The summed E-state index contributed by atoms with van der Waals surface area (Å²) in [6.07, 6.45) is 6.42. The van der Waals surface area contributed by atoms with Gasteiger partial charge >= 0.3 is 5.97 Å². The highest BCUT2D eigenvalue weighted by Gasteiger charge is 2.22. The molecule has 2 aromatic rings. The molecule has 0 radical (unpaired) electrons. The van der Waals surface area contributed by atoms with Crippen LogP contribution < -0.4 is 10.6 Å². The molecule has 0 bridgehead atoms. The zero-order valence-corrected chi connectivity index (χ0v) is 15.8. The minimum absolute atomic E-state index is 0.134. The van der Waals surface area contributed by atoms with Gasteiger partial charge in [0.1, 0.15) is 5.76 Å². The molecule has 1 aromatic carbocycles. The summed E-state index contributed by atoms with van der Waals surface area (Å²) in [5.41, 5.74) is 1.79. The van der Waals surface area contributed by atoms with E-state index in [0.717, 1.165) is 12.1 Å². The predicted molar refractivity (Wildman–Crippen MR) is 104 cm³/mol. The molecule has 0 saturated heterocycles. The zero-order valence-electron chi connectivity index (χ0n) is 15.8. The Morgan fingerprint density at radius 1 is 1.19 bits per heavy atom. The summed E-state index contributed by atoms with van der Waals surface area (Å²) in [5, 5.41) is 6.46. The van der Waals surface area contributed by atoms with Crippen molar-refractivity contribution in [1.82, 2.24) is 0 Å². The Balaban J connectivity index is 1.80. The molecule has 144 valence electrons. The molecule has 1 heterocycles. The molecule has 1 aliphatic rings. The first-order valence-electron chi connectivity index (χ1n) is 9.38. The van der Waals surface area contributed by atoms with Gasteiger partial charge in [-0.1, -0.05) is 19.8 Å². The van der Waals surface area contributed by atoms with Crippen LogP contribution in [0.4, 0.5) is 11.4 Å². The summed E-state index contributed by atoms with van der Waals surface area (Å²) in [5.74, 6) is 0.513. The third-order valence-electron chi connectivity index (χ3n) is 5.08. The van der Waals surface area contributed by atoms with Gasteiger partial charge in [0.25, 0.3) is 0 Å². The van der Waals surface area contributed by atoms with E-state index in [0.29, 0.717) is 29.0 Å². The number of furan rings is 1. The van der Waals surface area contributed by atoms with Crippen molar-refractivity contribution < 1.29 is 18.7 Å². The molecular formula is C21H26N2O4. The highest BCUT2D eigenvalue weighted by atomic mass is 16.5. The number of methoxy groups -OCH3 is 1. The fourth-order valence-electron chi connectivity index (χ4n) is 3.51. The van der Waals surface area contributed by atoms with E-state index in [1.807, 2.05) is 6.07 Å². The van der Waals surface area contributed by atoms with E-state index < -0.39 is 5.97 Å². The van der Waals surface area contributed by atoms with Crippen LogP contribution in [0.15, 0.2) is 41.0 Å². The van der Waals surface area contributed by atoms with Gasteiger partial charge in [0.05, 0.1) is 36.7 Å². The van der Waals surface area contributed by atoms with Gasteiger partial charge in [-0.15, -0.1) is 0 Å². The number of benzene rings is 1. The van der Waals surface area contributed by atoms with Crippen molar-refractivity contribution in [2.75, 3.05) is 17.7 Å². The maximum absolute atomic E-state index is 12.4. The van der Waals surface area contributed by atoms with Gasteiger partial charge < -0.3 is 19.8 Å². The molecule has 2 N–H and O–H groups in total. The second-order valence-electron chi connectivity index (χ2n) is 7.07. The zero-order chi connectivity index (χ0) is 19.2. The highest BCUT2D eigenvalue weighted by Crippen LogP contribution is 2.31. The lowest BCUT2D eigenvalue weighted by Crippen LogP contribution is -2.31. The minimum atomic E-state index is -0.436. The predicted octanol–water partition coefficient (Wildman–Crippen LogP) is 4.24. The number of nitrogens with one attached hydrogen (secondary N) is 2. The standard InChI is InChI=1S/C21H26N2O4/c1-14-6-3-4-8-17(14)22-18-10-9-15(21(25)26-2)12-19(18)23-20(24)13-16-7-5-11-27-16/h5,7,9-12,14,17,22H,3-4,6,8,13H2,1-2H3,(H,23,24). The summed E-state index contributed by atoms with van der Waals surface area (Å²) < 4.78 is 10.0. The number of ether oxygens (including phenoxy) is 1. The number of amides is 1. The fraction of sp³-hybridized carbons (Fsp3) is 0.429. The highest BCUT2D eigenvalue weighted by molar-refractivity contribution is 5.98. The smallest absolute Gasteiger partial charge is 0.337 e. The monoisotopic (exact) mass is 370 g/mol. The Morgan fingerprint density at radius 2 is 2.00 bits per heavy atom. The van der Waals surface area contributed by atoms with Crippen molar-refractivity contribution >= 4 is 23.3 Å². The average Bonchev–Trinajstić information content (AvgIpc) is 3.17. The number of esters is 1. The second-order valence-corrected chi connectivity index (χ2v) is 7.07. The quantitative estimate of drug-likeness (QED) is 0.744. The second kappa shape index (κ2) is 8.75. The lowest BCUT2D eigenvalue weighted by atomic mass is 9.86. The Labute approximate surface area is 159 Å². The SMILES string of the molecule is COC(=O)c1ccc(NC2CCCCC2C)c(NC(=O)Cc2ccco2)c1. The van der Waals surface area contributed by atoms with Gasteiger partial charge in [0, 0.05) is 6.04 Å². The lowest BCUT2D eigenvalue weighted by molar-refractivity contribution is -0.115. The molecule has 1 fully saturated rings. The molecule has 1 aliphatic carbocycles. The van der Waals surface area contributed by atoms with Crippen molar-refractivity contribution in [2.24, 2.45) is 5.92 Å². The van der Waals surface area contributed by atoms with Crippen molar-refractivity contribution in [3.05, 3.63) is 47.9 Å². The number of rotatable bonds is 6. The summed E-state index contributed by atoms with van der Waals surface area (Å²) in [6, 6.07) is 9.05. The summed E-state index contributed by atoms with van der Waals surface area (Å²) in [4.78, 5) is 24.3. The van der Waals surface area contributed by atoms with E-state index in [4.69, 9.17) is 9.15 Å². The summed E-state index contributed by atoms with van der Waals surface area (Å²) in [7, 11) is 1.34. The van der Waals surface area contributed by atoms with Crippen LogP contribution in [0.5, 0.6) is 0 Å². The molecule has 6 heteroatoms. The van der Waals surface area contributed by atoms with E-state index in [1.165, 1.54) is 32.6 Å². The molecule has 27 heavy (non-hydrogen) atoms. The third kappa shape index (κ3) is 4.90. The Hall–Kier alpha value is -2.76. The van der Waals surface area contributed by atoms with Crippen molar-refractivity contribution in [2.45, 2.75) is 45.1 Å². The number of carbonyl (C=O) groups is 2. The van der Waals surface area contributed by atoms with Crippen molar-refractivity contribution in [1.29, 1.82) is 0 Å². The van der Waals surface area contributed by atoms with Gasteiger partial charge in [-0.05, 0) is 49.1 Å². The van der Waals surface area contributed by atoms with Crippen LogP contribution in [0, 0.1) is 5.92 Å². The molecule has 2 unspecified atom stereocenters. The van der Waals surface area contributed by atoms with E-state index in [9.17, 15) is 9.59 Å². The van der Waals surface area contributed by atoms with Crippen LogP contribution in [-0.2, 0) is 16.0 Å². The first-order valence-corrected chi connectivity index (χ1v) is 9.38. The van der Waals surface area contributed by atoms with Crippen LogP contribution in [-0.4, -0.2) is 25.0 Å². The summed E-state index contributed by atoms with van der Waals surface area (Å²) in [6.45, 7) is 2.24. The fourth-order valence-corrected chi connectivity index (χ4v) is 3.51. The third-order valence-corrected chi connectivity index (χ3v) is 5.08. The van der Waals surface area contributed by atoms with E-state index >= 15 is 0 Å². The summed E-state index contributed by atoms with van der Waals surface area (Å²) >= 11 is 0. The van der Waals surface area contributed by atoms with Crippen LogP contribution in [0.2, 0.25) is 0 Å². The van der Waals surface area contributed by atoms with Gasteiger partial charge in [-0.2, -0.15) is 0 Å².